The lowest BCUT2D eigenvalue weighted by Crippen LogP contribution is -2.04. The fourth-order valence-corrected chi connectivity index (χ4v) is 4.39. The first-order chi connectivity index (χ1) is 11.1. The van der Waals surface area contributed by atoms with Gasteiger partial charge in [0.05, 0.1) is 16.7 Å². The predicted molar refractivity (Wildman–Crippen MR) is 101 cm³/mol. The standard InChI is InChI=1S/C15H8Br3N5/c16-8-5-9(17)14(10(18)6-8)23-22-13(7-19)15-20-11-3-1-2-4-12(11)21-15/h1-6,23H,(H,20,21)/b22-13+. The first kappa shape index (κ1) is 16.2. The highest BCUT2D eigenvalue weighted by molar-refractivity contribution is 9.11. The number of hydrogen-bond donors (Lipinski definition) is 2. The van der Waals surface area contributed by atoms with Crippen LogP contribution in [0.15, 0.2) is 54.9 Å². The van der Waals surface area contributed by atoms with E-state index in [0.717, 1.165) is 30.1 Å². The number of fused-ring (bicyclic) bond motifs is 1. The molecule has 0 saturated carbocycles. The molecular weight excluding hydrogens is 490 g/mol. The van der Waals surface area contributed by atoms with Crippen LogP contribution in [-0.2, 0) is 0 Å². The monoisotopic (exact) mass is 495 g/mol. The van der Waals surface area contributed by atoms with E-state index in [4.69, 9.17) is 0 Å². The van der Waals surface area contributed by atoms with Crippen molar-refractivity contribution in [2.75, 3.05) is 5.43 Å². The van der Waals surface area contributed by atoms with Crippen LogP contribution in [0.5, 0.6) is 0 Å². The molecule has 1 heterocycles. The summed E-state index contributed by atoms with van der Waals surface area (Å²) in [5.74, 6) is 0.422. The Balaban J connectivity index is 1.95. The zero-order valence-electron chi connectivity index (χ0n) is 11.4. The number of nitrogens with one attached hydrogen (secondary N) is 2. The van der Waals surface area contributed by atoms with Crippen LogP contribution in [0.3, 0.4) is 0 Å². The Labute approximate surface area is 157 Å². The van der Waals surface area contributed by atoms with Crippen LogP contribution in [0, 0.1) is 11.3 Å². The fraction of sp³-hybridized carbons (Fsp3) is 0. The summed E-state index contributed by atoms with van der Waals surface area (Å²) in [5, 5.41) is 13.5. The number of hydrogen-bond acceptors (Lipinski definition) is 4. The maximum atomic E-state index is 9.35. The van der Waals surface area contributed by atoms with Crippen molar-refractivity contribution < 1.29 is 0 Å². The first-order valence-corrected chi connectivity index (χ1v) is 8.80. The minimum absolute atomic E-state index is 0.169. The summed E-state index contributed by atoms with van der Waals surface area (Å²) < 4.78 is 2.54. The van der Waals surface area contributed by atoms with Gasteiger partial charge in [-0.25, -0.2) is 4.98 Å². The lowest BCUT2D eigenvalue weighted by molar-refractivity contribution is 1.24. The van der Waals surface area contributed by atoms with Crippen LogP contribution >= 0.6 is 47.8 Å². The molecule has 0 unspecified atom stereocenters. The highest BCUT2D eigenvalue weighted by atomic mass is 79.9. The van der Waals surface area contributed by atoms with E-state index in [1.54, 1.807) is 0 Å². The second-order valence-electron chi connectivity index (χ2n) is 4.53. The Hall–Kier alpha value is -1.69. The molecule has 0 bridgehead atoms. The molecule has 0 aliphatic rings. The maximum absolute atomic E-state index is 9.35. The lowest BCUT2D eigenvalue weighted by Gasteiger charge is -2.07. The van der Waals surface area contributed by atoms with E-state index in [9.17, 15) is 5.26 Å². The third-order valence-corrected chi connectivity index (χ3v) is 4.71. The largest absolute Gasteiger partial charge is 0.336 e. The van der Waals surface area contributed by atoms with Gasteiger partial charge in [-0.2, -0.15) is 10.4 Å². The highest BCUT2D eigenvalue weighted by Crippen LogP contribution is 2.34. The van der Waals surface area contributed by atoms with Crippen LogP contribution < -0.4 is 5.43 Å². The average molecular weight is 498 g/mol. The minimum atomic E-state index is 0.169. The van der Waals surface area contributed by atoms with E-state index >= 15 is 0 Å². The number of halogens is 3. The quantitative estimate of drug-likeness (QED) is 0.386. The maximum Gasteiger partial charge on any atom is 0.203 e. The molecule has 8 heteroatoms. The molecule has 2 N–H and O–H groups in total. The Bertz CT molecular complexity index is 899. The Kier molecular flexibility index (Phi) is 4.80. The van der Waals surface area contributed by atoms with Crippen molar-refractivity contribution in [2.45, 2.75) is 0 Å². The Morgan fingerprint density at radius 2 is 1.87 bits per heavy atom. The van der Waals surface area contributed by atoms with Gasteiger partial charge >= 0.3 is 0 Å². The minimum Gasteiger partial charge on any atom is -0.336 e. The van der Waals surface area contributed by atoms with Crippen molar-refractivity contribution in [1.29, 1.82) is 5.26 Å². The van der Waals surface area contributed by atoms with Crippen molar-refractivity contribution in [3.8, 4) is 6.07 Å². The second-order valence-corrected chi connectivity index (χ2v) is 7.16. The van der Waals surface area contributed by atoms with Crippen LogP contribution in [0.25, 0.3) is 11.0 Å². The number of aromatic amines is 1. The number of benzene rings is 2. The third-order valence-electron chi connectivity index (χ3n) is 3.01. The fourth-order valence-electron chi connectivity index (χ4n) is 1.96. The van der Waals surface area contributed by atoms with Crippen LogP contribution in [-0.4, -0.2) is 15.7 Å². The van der Waals surface area contributed by atoms with Gasteiger partial charge in [-0.3, -0.25) is 5.43 Å². The number of H-pyrrole nitrogens is 1. The average Bonchev–Trinajstić information content (AvgIpc) is 2.93. The van der Waals surface area contributed by atoms with E-state index in [0.29, 0.717) is 5.82 Å². The second kappa shape index (κ2) is 6.83. The molecule has 0 radical (unpaired) electrons. The van der Waals surface area contributed by atoms with Gasteiger partial charge in [0.2, 0.25) is 5.71 Å². The number of para-hydroxylation sites is 2. The molecule has 3 rings (SSSR count). The normalized spacial score (nSPS) is 11.5. The molecule has 0 amide bonds. The summed E-state index contributed by atoms with van der Waals surface area (Å²) in [4.78, 5) is 7.46. The number of rotatable bonds is 3. The number of nitriles is 1. The van der Waals surface area contributed by atoms with Gasteiger partial charge in [0.25, 0.3) is 0 Å². The number of anilines is 1. The van der Waals surface area contributed by atoms with Gasteiger partial charge in [-0.15, -0.1) is 0 Å². The molecule has 5 nitrogen and oxygen atoms in total. The van der Waals surface area contributed by atoms with E-state index in [-0.39, 0.29) is 5.71 Å². The summed E-state index contributed by atoms with van der Waals surface area (Å²) >= 11 is 10.3. The van der Waals surface area contributed by atoms with Gasteiger partial charge in [0.15, 0.2) is 5.82 Å². The molecule has 0 aliphatic heterocycles. The summed E-state index contributed by atoms with van der Waals surface area (Å²) in [6, 6.07) is 13.4. The van der Waals surface area contributed by atoms with Gasteiger partial charge in [-0.1, -0.05) is 28.1 Å². The molecule has 3 aromatic rings. The topological polar surface area (TPSA) is 76.9 Å². The van der Waals surface area contributed by atoms with Crippen LogP contribution in [0.1, 0.15) is 5.82 Å². The number of imidazole rings is 1. The lowest BCUT2D eigenvalue weighted by atomic mass is 10.3. The first-order valence-electron chi connectivity index (χ1n) is 6.42. The van der Waals surface area contributed by atoms with Crippen molar-refractivity contribution >= 4 is 70.2 Å². The molecule has 0 fully saturated rings. The Morgan fingerprint density at radius 3 is 2.52 bits per heavy atom. The summed E-state index contributed by atoms with van der Waals surface area (Å²) in [6.07, 6.45) is 0. The van der Waals surface area contributed by atoms with Crippen molar-refractivity contribution in [2.24, 2.45) is 5.10 Å². The molecular formula is C15H8Br3N5. The van der Waals surface area contributed by atoms with E-state index in [1.807, 2.05) is 36.4 Å². The molecule has 0 saturated heterocycles. The van der Waals surface area contributed by atoms with Crippen LogP contribution in [0.4, 0.5) is 5.69 Å². The summed E-state index contributed by atoms with van der Waals surface area (Å²) in [7, 11) is 0. The third kappa shape index (κ3) is 3.47. The highest BCUT2D eigenvalue weighted by Gasteiger charge is 2.11. The molecule has 2 aromatic carbocycles. The SMILES string of the molecule is N#C/C(=N\Nc1c(Br)cc(Br)cc1Br)c1nc2ccccc2[nH]1. The molecule has 0 spiro atoms. The number of nitrogens with zero attached hydrogens (tertiary/aromatic N) is 3. The zero-order chi connectivity index (χ0) is 16.4. The van der Waals surface area contributed by atoms with Crippen LogP contribution in [0.2, 0.25) is 0 Å². The number of hydrazone groups is 1. The predicted octanol–water partition coefficient (Wildman–Crippen LogP) is 5.19. The van der Waals surface area contributed by atoms with Gasteiger partial charge in [-0.05, 0) is 56.1 Å². The van der Waals surface area contributed by atoms with Gasteiger partial charge in [0.1, 0.15) is 6.07 Å². The molecule has 0 atom stereocenters. The summed E-state index contributed by atoms with van der Waals surface area (Å²) in [5.41, 5.74) is 5.43. The summed E-state index contributed by atoms with van der Waals surface area (Å²) in [6.45, 7) is 0. The molecule has 23 heavy (non-hydrogen) atoms. The van der Waals surface area contributed by atoms with E-state index in [2.05, 4.69) is 74.4 Å². The number of aromatic nitrogens is 2. The van der Waals surface area contributed by atoms with Crippen molar-refractivity contribution in [3.05, 3.63) is 55.6 Å². The zero-order valence-corrected chi connectivity index (χ0v) is 16.2. The molecule has 1 aromatic heterocycles. The van der Waals surface area contributed by atoms with Crippen molar-refractivity contribution in [3.63, 3.8) is 0 Å². The Morgan fingerprint density at radius 1 is 1.17 bits per heavy atom. The van der Waals surface area contributed by atoms with E-state index in [1.165, 1.54) is 0 Å². The van der Waals surface area contributed by atoms with Gasteiger partial charge in [0, 0.05) is 13.4 Å². The molecule has 0 aliphatic carbocycles. The molecule has 114 valence electrons. The van der Waals surface area contributed by atoms with Gasteiger partial charge < -0.3 is 4.98 Å². The van der Waals surface area contributed by atoms with Crippen molar-refractivity contribution in [1.82, 2.24) is 9.97 Å². The van der Waals surface area contributed by atoms with E-state index < -0.39 is 0 Å². The smallest absolute Gasteiger partial charge is 0.203 e.